The van der Waals surface area contributed by atoms with Gasteiger partial charge in [0.25, 0.3) is 0 Å². The fourth-order valence-electron chi connectivity index (χ4n) is 2.14. The van der Waals surface area contributed by atoms with Gasteiger partial charge in [-0.2, -0.15) is 0 Å². The molecule has 1 heterocycles. The van der Waals surface area contributed by atoms with Gasteiger partial charge in [0.2, 0.25) is 0 Å². The normalized spacial score (nSPS) is 25.0. The van der Waals surface area contributed by atoms with E-state index in [2.05, 4.69) is 10.3 Å². The minimum absolute atomic E-state index is 0.151. The van der Waals surface area contributed by atoms with Gasteiger partial charge in [-0.1, -0.05) is 6.07 Å². The van der Waals surface area contributed by atoms with Crippen molar-refractivity contribution in [2.45, 2.75) is 31.7 Å². The molecular weight excluding hydrogens is 204 g/mol. The number of aromatic nitrogens is 1. The second kappa shape index (κ2) is 4.96. The summed E-state index contributed by atoms with van der Waals surface area (Å²) < 4.78 is 0. The van der Waals surface area contributed by atoms with Gasteiger partial charge in [0, 0.05) is 12.2 Å². The van der Waals surface area contributed by atoms with E-state index >= 15 is 0 Å². The Morgan fingerprint density at radius 2 is 2.06 bits per heavy atom. The fraction of sp³-hybridized carbons (Fsp3) is 0.500. The lowest BCUT2D eigenvalue weighted by molar-refractivity contribution is -0.142. The number of hydrogen-bond acceptors (Lipinski definition) is 3. The predicted octanol–water partition coefficient (Wildman–Crippen LogP) is 2.14. The zero-order valence-electron chi connectivity index (χ0n) is 9.10. The van der Waals surface area contributed by atoms with Crippen molar-refractivity contribution in [3.8, 4) is 0 Å². The van der Waals surface area contributed by atoms with E-state index in [4.69, 9.17) is 5.11 Å². The van der Waals surface area contributed by atoms with Gasteiger partial charge in [0.15, 0.2) is 0 Å². The number of aliphatic carboxylic acids is 1. The van der Waals surface area contributed by atoms with Crippen molar-refractivity contribution in [1.29, 1.82) is 0 Å². The van der Waals surface area contributed by atoms with E-state index in [-0.39, 0.29) is 5.92 Å². The molecule has 0 radical (unpaired) electrons. The van der Waals surface area contributed by atoms with Gasteiger partial charge >= 0.3 is 5.97 Å². The van der Waals surface area contributed by atoms with Crippen LogP contribution in [-0.4, -0.2) is 22.1 Å². The maximum atomic E-state index is 10.8. The van der Waals surface area contributed by atoms with E-state index in [1.54, 1.807) is 6.20 Å². The molecule has 0 atom stereocenters. The van der Waals surface area contributed by atoms with Crippen LogP contribution < -0.4 is 5.32 Å². The van der Waals surface area contributed by atoms with Crippen LogP contribution in [0, 0.1) is 5.92 Å². The van der Waals surface area contributed by atoms with Crippen molar-refractivity contribution in [2.24, 2.45) is 5.92 Å². The molecule has 86 valence electrons. The molecule has 0 unspecified atom stereocenters. The summed E-state index contributed by atoms with van der Waals surface area (Å²) in [7, 11) is 0. The first kappa shape index (κ1) is 10.9. The highest BCUT2D eigenvalue weighted by Crippen LogP contribution is 2.26. The third kappa shape index (κ3) is 2.72. The molecule has 2 N–H and O–H groups in total. The predicted molar refractivity (Wildman–Crippen MR) is 61.2 cm³/mol. The average molecular weight is 220 g/mol. The van der Waals surface area contributed by atoms with Gasteiger partial charge in [0.1, 0.15) is 5.82 Å². The van der Waals surface area contributed by atoms with Crippen molar-refractivity contribution >= 4 is 11.8 Å². The maximum Gasteiger partial charge on any atom is 0.306 e. The Balaban J connectivity index is 1.84. The average Bonchev–Trinajstić information content (AvgIpc) is 2.31. The highest BCUT2D eigenvalue weighted by molar-refractivity contribution is 5.70. The van der Waals surface area contributed by atoms with Crippen LogP contribution >= 0.6 is 0 Å². The molecule has 0 saturated heterocycles. The molecule has 0 spiro atoms. The second-order valence-corrected chi connectivity index (χ2v) is 4.25. The largest absolute Gasteiger partial charge is 0.481 e. The number of pyridine rings is 1. The number of rotatable bonds is 3. The van der Waals surface area contributed by atoms with E-state index in [9.17, 15) is 4.79 Å². The van der Waals surface area contributed by atoms with Gasteiger partial charge in [-0.25, -0.2) is 4.98 Å². The van der Waals surface area contributed by atoms with E-state index in [0.717, 1.165) is 31.5 Å². The van der Waals surface area contributed by atoms with Crippen LogP contribution in [0.25, 0.3) is 0 Å². The number of nitrogens with one attached hydrogen (secondary N) is 1. The maximum absolute atomic E-state index is 10.8. The molecule has 2 rings (SSSR count). The fourth-order valence-corrected chi connectivity index (χ4v) is 2.14. The van der Waals surface area contributed by atoms with Crippen LogP contribution in [0.3, 0.4) is 0 Å². The van der Waals surface area contributed by atoms with E-state index < -0.39 is 5.97 Å². The SMILES string of the molecule is O=C(O)C1CCC(Nc2ccccn2)CC1. The number of carboxylic acids is 1. The summed E-state index contributed by atoms with van der Waals surface area (Å²) >= 11 is 0. The molecule has 0 aliphatic heterocycles. The molecule has 16 heavy (non-hydrogen) atoms. The zero-order chi connectivity index (χ0) is 11.4. The van der Waals surface area contributed by atoms with E-state index in [1.807, 2.05) is 18.2 Å². The van der Waals surface area contributed by atoms with Gasteiger partial charge < -0.3 is 10.4 Å². The first-order valence-electron chi connectivity index (χ1n) is 5.66. The first-order valence-corrected chi connectivity index (χ1v) is 5.66. The quantitative estimate of drug-likeness (QED) is 0.819. The van der Waals surface area contributed by atoms with Gasteiger partial charge in [-0.05, 0) is 37.8 Å². The third-order valence-corrected chi connectivity index (χ3v) is 3.09. The summed E-state index contributed by atoms with van der Waals surface area (Å²) in [6.07, 6.45) is 5.10. The summed E-state index contributed by atoms with van der Waals surface area (Å²) in [6.45, 7) is 0. The van der Waals surface area contributed by atoms with Crippen LogP contribution in [0.4, 0.5) is 5.82 Å². The lowest BCUT2D eigenvalue weighted by Gasteiger charge is -2.27. The number of nitrogens with zero attached hydrogens (tertiary/aromatic N) is 1. The van der Waals surface area contributed by atoms with Gasteiger partial charge in [-0.15, -0.1) is 0 Å². The number of carbonyl (C=O) groups is 1. The van der Waals surface area contributed by atoms with Crippen molar-refractivity contribution in [1.82, 2.24) is 4.98 Å². The molecule has 1 fully saturated rings. The third-order valence-electron chi connectivity index (χ3n) is 3.09. The first-order chi connectivity index (χ1) is 7.75. The molecule has 1 saturated carbocycles. The highest BCUT2D eigenvalue weighted by atomic mass is 16.4. The Bertz CT molecular complexity index is 345. The number of anilines is 1. The summed E-state index contributed by atoms with van der Waals surface area (Å²) in [4.78, 5) is 15.0. The van der Waals surface area contributed by atoms with Crippen molar-refractivity contribution in [3.63, 3.8) is 0 Å². The van der Waals surface area contributed by atoms with Crippen molar-refractivity contribution in [2.75, 3.05) is 5.32 Å². The minimum Gasteiger partial charge on any atom is -0.481 e. The lowest BCUT2D eigenvalue weighted by Crippen LogP contribution is -2.29. The lowest BCUT2D eigenvalue weighted by atomic mass is 9.86. The van der Waals surface area contributed by atoms with Gasteiger partial charge in [0.05, 0.1) is 5.92 Å². The topological polar surface area (TPSA) is 62.2 Å². The van der Waals surface area contributed by atoms with Crippen molar-refractivity contribution in [3.05, 3.63) is 24.4 Å². The Hall–Kier alpha value is -1.58. The molecular formula is C12H16N2O2. The Labute approximate surface area is 94.7 Å². The van der Waals surface area contributed by atoms with Crippen LogP contribution in [0.15, 0.2) is 24.4 Å². The molecule has 1 aliphatic rings. The zero-order valence-corrected chi connectivity index (χ0v) is 9.10. The van der Waals surface area contributed by atoms with E-state index in [1.165, 1.54) is 0 Å². The Morgan fingerprint density at radius 1 is 1.31 bits per heavy atom. The summed E-state index contributed by atoms with van der Waals surface area (Å²) in [5.41, 5.74) is 0. The molecule has 4 nitrogen and oxygen atoms in total. The highest BCUT2D eigenvalue weighted by Gasteiger charge is 2.25. The van der Waals surface area contributed by atoms with Crippen LogP contribution in [0.1, 0.15) is 25.7 Å². The van der Waals surface area contributed by atoms with E-state index in [0.29, 0.717) is 6.04 Å². The Kier molecular flexibility index (Phi) is 3.39. The van der Waals surface area contributed by atoms with Crippen LogP contribution in [0.2, 0.25) is 0 Å². The van der Waals surface area contributed by atoms with Crippen LogP contribution in [-0.2, 0) is 4.79 Å². The molecule has 1 aromatic heterocycles. The Morgan fingerprint density at radius 3 is 2.62 bits per heavy atom. The van der Waals surface area contributed by atoms with Crippen molar-refractivity contribution < 1.29 is 9.90 Å². The molecule has 1 aromatic rings. The smallest absolute Gasteiger partial charge is 0.306 e. The monoisotopic (exact) mass is 220 g/mol. The summed E-state index contributed by atoms with van der Waals surface area (Å²) in [5, 5.41) is 12.2. The van der Waals surface area contributed by atoms with Gasteiger partial charge in [-0.3, -0.25) is 4.79 Å². The standard InChI is InChI=1S/C12H16N2O2/c15-12(16)9-4-6-10(7-5-9)14-11-3-1-2-8-13-11/h1-3,8-10H,4-7H2,(H,13,14)(H,15,16). The molecule has 0 aromatic carbocycles. The summed E-state index contributed by atoms with van der Waals surface area (Å²) in [5.74, 6) is 0.0688. The number of carboxylic acid groups (broad SMARTS) is 1. The molecule has 4 heteroatoms. The second-order valence-electron chi connectivity index (χ2n) is 4.25. The summed E-state index contributed by atoms with van der Waals surface area (Å²) in [6, 6.07) is 6.12. The number of hydrogen-bond donors (Lipinski definition) is 2. The molecule has 0 amide bonds. The van der Waals surface area contributed by atoms with Crippen LogP contribution in [0.5, 0.6) is 0 Å². The molecule has 0 bridgehead atoms. The minimum atomic E-state index is -0.656. The molecule has 1 aliphatic carbocycles.